The number of aliphatic hydroxyl groups excluding tert-OH is 1. The third kappa shape index (κ3) is 5.82. The maximum absolute atomic E-state index is 13.2. The van der Waals surface area contributed by atoms with Gasteiger partial charge in [-0.1, -0.05) is 36.8 Å². The molecule has 1 aromatic carbocycles. The number of cyclic esters (lactones) is 1. The van der Waals surface area contributed by atoms with E-state index in [-0.39, 0.29) is 19.0 Å². The summed E-state index contributed by atoms with van der Waals surface area (Å²) in [5, 5.41) is 8.84. The third-order valence-corrected chi connectivity index (χ3v) is 5.52. The first-order chi connectivity index (χ1) is 15.0. The maximum atomic E-state index is 13.2. The summed E-state index contributed by atoms with van der Waals surface area (Å²) in [5.74, 6) is -1.07. The minimum Gasteiger partial charge on any atom is -0.482 e. The van der Waals surface area contributed by atoms with Crippen LogP contribution in [0.4, 0.5) is 4.79 Å². The highest BCUT2D eigenvalue weighted by Crippen LogP contribution is 2.26. The standard InChI is InChI=1S/C24H29NO6/c1-17(22-21(27)13-12-20(31-22)11-7-2-3-8-14-26)23(28)25-19(16-30-24(25)29)15-18-9-5-4-6-10-18/h4-6,9-13,17,19,22,26H,2-3,7-8,14-16H2,1H3/t17-,19-,22-/m1/s1. The number of ketones is 1. The highest BCUT2D eigenvalue weighted by atomic mass is 16.6. The zero-order valence-electron chi connectivity index (χ0n) is 17.7. The number of hydrogen-bond donors (Lipinski definition) is 1. The zero-order valence-corrected chi connectivity index (χ0v) is 17.7. The van der Waals surface area contributed by atoms with Crippen molar-refractivity contribution in [2.45, 2.75) is 51.2 Å². The molecule has 0 unspecified atom stereocenters. The van der Waals surface area contributed by atoms with Crippen LogP contribution in [0.5, 0.6) is 0 Å². The summed E-state index contributed by atoms with van der Waals surface area (Å²) in [7, 11) is 0. The van der Waals surface area contributed by atoms with Crippen LogP contribution in [-0.2, 0) is 25.5 Å². The first-order valence-corrected chi connectivity index (χ1v) is 10.7. The lowest BCUT2D eigenvalue weighted by atomic mass is 9.96. The highest BCUT2D eigenvalue weighted by molar-refractivity contribution is 6.01. The van der Waals surface area contributed by atoms with Gasteiger partial charge in [-0.3, -0.25) is 9.59 Å². The van der Waals surface area contributed by atoms with E-state index >= 15 is 0 Å². The summed E-state index contributed by atoms with van der Waals surface area (Å²) in [6.45, 7) is 1.91. The quantitative estimate of drug-likeness (QED) is 0.609. The van der Waals surface area contributed by atoms with Gasteiger partial charge >= 0.3 is 6.09 Å². The van der Waals surface area contributed by atoms with Gasteiger partial charge in [0.25, 0.3) is 0 Å². The molecule has 2 aliphatic rings. The van der Waals surface area contributed by atoms with E-state index in [2.05, 4.69) is 0 Å². The molecule has 0 radical (unpaired) electrons. The molecule has 0 saturated carbocycles. The normalized spacial score (nSPS) is 23.0. The molecule has 3 rings (SSSR count). The lowest BCUT2D eigenvalue weighted by Crippen LogP contribution is -2.48. The number of aliphatic hydroxyl groups is 1. The van der Waals surface area contributed by atoms with Crippen molar-refractivity contribution in [3.63, 3.8) is 0 Å². The number of rotatable bonds is 9. The minimum absolute atomic E-state index is 0.130. The fourth-order valence-corrected chi connectivity index (χ4v) is 3.76. The van der Waals surface area contributed by atoms with Crippen LogP contribution in [0.1, 0.15) is 38.2 Å². The van der Waals surface area contributed by atoms with Gasteiger partial charge in [0.2, 0.25) is 5.91 Å². The molecule has 1 fully saturated rings. The number of benzene rings is 1. The predicted molar refractivity (Wildman–Crippen MR) is 114 cm³/mol. The Kier molecular flexibility index (Phi) is 8.00. The average molecular weight is 427 g/mol. The summed E-state index contributed by atoms with van der Waals surface area (Å²) in [5.41, 5.74) is 0.996. The largest absolute Gasteiger partial charge is 0.482 e. The molecule has 1 saturated heterocycles. The number of hydrogen-bond acceptors (Lipinski definition) is 6. The molecule has 166 valence electrons. The summed E-state index contributed by atoms with van der Waals surface area (Å²) in [6.07, 6.45) is 7.03. The first-order valence-electron chi connectivity index (χ1n) is 10.7. The Hall–Kier alpha value is -2.93. The van der Waals surface area contributed by atoms with Crippen LogP contribution >= 0.6 is 0 Å². The molecule has 1 aromatic rings. The first kappa shape index (κ1) is 22.7. The third-order valence-electron chi connectivity index (χ3n) is 5.52. The van der Waals surface area contributed by atoms with Crippen LogP contribution in [0.15, 0.2) is 54.3 Å². The number of allylic oxidation sites excluding steroid dienone is 2. The van der Waals surface area contributed by atoms with Crippen LogP contribution in [-0.4, -0.2) is 53.1 Å². The Morgan fingerprint density at radius 2 is 1.97 bits per heavy atom. The van der Waals surface area contributed by atoms with Gasteiger partial charge in [-0.15, -0.1) is 0 Å². The fourth-order valence-electron chi connectivity index (χ4n) is 3.76. The van der Waals surface area contributed by atoms with Crippen molar-refractivity contribution in [2.75, 3.05) is 13.2 Å². The zero-order chi connectivity index (χ0) is 22.2. The van der Waals surface area contributed by atoms with Gasteiger partial charge in [0, 0.05) is 6.61 Å². The smallest absolute Gasteiger partial charge is 0.416 e. The monoisotopic (exact) mass is 427 g/mol. The molecule has 0 spiro atoms. The van der Waals surface area contributed by atoms with E-state index in [1.165, 1.54) is 6.08 Å². The molecular weight excluding hydrogens is 398 g/mol. The molecule has 1 N–H and O–H groups in total. The van der Waals surface area contributed by atoms with Gasteiger partial charge in [0.15, 0.2) is 11.9 Å². The van der Waals surface area contributed by atoms with Crippen molar-refractivity contribution in [3.8, 4) is 0 Å². The molecule has 0 aliphatic carbocycles. The lowest BCUT2D eigenvalue weighted by molar-refractivity contribution is -0.142. The van der Waals surface area contributed by atoms with Crippen molar-refractivity contribution < 1.29 is 29.0 Å². The second kappa shape index (κ2) is 10.9. The number of carbonyl (C=O) groups excluding carboxylic acids is 3. The Morgan fingerprint density at radius 3 is 2.71 bits per heavy atom. The lowest BCUT2D eigenvalue weighted by Gasteiger charge is -2.29. The molecular formula is C24H29NO6. The summed E-state index contributed by atoms with van der Waals surface area (Å²) in [4.78, 5) is 39.0. The Balaban J connectivity index is 1.65. The summed E-state index contributed by atoms with van der Waals surface area (Å²) < 4.78 is 11.0. The molecule has 0 aromatic heterocycles. The van der Waals surface area contributed by atoms with Crippen molar-refractivity contribution in [2.24, 2.45) is 5.92 Å². The number of imide groups is 1. The molecule has 31 heavy (non-hydrogen) atoms. The second-order valence-corrected chi connectivity index (χ2v) is 7.87. The van der Waals surface area contributed by atoms with E-state index in [0.717, 1.165) is 36.1 Å². The van der Waals surface area contributed by atoms with Crippen LogP contribution in [0.25, 0.3) is 0 Å². The Morgan fingerprint density at radius 1 is 1.19 bits per heavy atom. The molecule has 7 heteroatoms. The number of nitrogens with zero attached hydrogens (tertiary/aromatic N) is 1. The SMILES string of the molecule is C[C@@H](C(=O)N1C(=O)OC[C@H]1Cc1ccccc1)[C@H]1OC(=CCCCCCO)C=CC1=O. The number of carbonyl (C=O) groups is 3. The molecule has 7 nitrogen and oxygen atoms in total. The Labute approximate surface area is 182 Å². The molecule has 0 bridgehead atoms. The molecule has 3 atom stereocenters. The molecule has 2 aliphatic heterocycles. The predicted octanol–water partition coefficient (Wildman–Crippen LogP) is 3.17. The topological polar surface area (TPSA) is 93.1 Å². The van der Waals surface area contributed by atoms with Gasteiger partial charge in [-0.25, -0.2) is 9.69 Å². The van der Waals surface area contributed by atoms with E-state index in [1.54, 1.807) is 13.0 Å². The van der Waals surface area contributed by atoms with Gasteiger partial charge < -0.3 is 14.6 Å². The minimum atomic E-state index is -0.980. The molecule has 2 heterocycles. The van der Waals surface area contributed by atoms with Crippen LogP contribution < -0.4 is 0 Å². The van der Waals surface area contributed by atoms with E-state index in [0.29, 0.717) is 12.2 Å². The van der Waals surface area contributed by atoms with Gasteiger partial charge in [0.1, 0.15) is 12.4 Å². The van der Waals surface area contributed by atoms with E-state index in [4.69, 9.17) is 14.6 Å². The average Bonchev–Trinajstić information content (AvgIpc) is 3.14. The summed E-state index contributed by atoms with van der Waals surface area (Å²) >= 11 is 0. The van der Waals surface area contributed by atoms with Gasteiger partial charge in [-0.05, 0) is 56.4 Å². The van der Waals surface area contributed by atoms with Crippen LogP contribution in [0.2, 0.25) is 0 Å². The van der Waals surface area contributed by atoms with Crippen LogP contribution in [0.3, 0.4) is 0 Å². The van der Waals surface area contributed by atoms with Crippen molar-refractivity contribution >= 4 is 17.8 Å². The van der Waals surface area contributed by atoms with E-state index in [1.807, 2.05) is 36.4 Å². The van der Waals surface area contributed by atoms with Crippen molar-refractivity contribution in [3.05, 3.63) is 59.9 Å². The van der Waals surface area contributed by atoms with Crippen molar-refractivity contribution in [1.82, 2.24) is 4.90 Å². The van der Waals surface area contributed by atoms with Crippen molar-refractivity contribution in [1.29, 1.82) is 0 Å². The highest BCUT2D eigenvalue weighted by Gasteiger charge is 2.43. The Bertz CT molecular complexity index is 847. The van der Waals surface area contributed by atoms with E-state index < -0.39 is 30.1 Å². The van der Waals surface area contributed by atoms with E-state index in [9.17, 15) is 14.4 Å². The fraction of sp³-hybridized carbons (Fsp3) is 0.458. The maximum Gasteiger partial charge on any atom is 0.416 e. The number of amides is 2. The molecule has 2 amide bonds. The van der Waals surface area contributed by atoms with Gasteiger partial charge in [-0.2, -0.15) is 0 Å². The number of ether oxygens (including phenoxy) is 2. The second-order valence-electron chi connectivity index (χ2n) is 7.87. The summed E-state index contributed by atoms with van der Waals surface area (Å²) in [6, 6.07) is 9.17. The van der Waals surface area contributed by atoms with Crippen LogP contribution in [0, 0.1) is 5.92 Å². The number of unbranched alkanes of at least 4 members (excludes halogenated alkanes) is 3. The van der Waals surface area contributed by atoms with Gasteiger partial charge in [0.05, 0.1) is 12.0 Å².